The molecule has 0 unspecified atom stereocenters. The Morgan fingerprint density at radius 3 is 2.40 bits per heavy atom. The molecule has 1 rings (SSSR count). The highest BCUT2D eigenvalue weighted by Crippen LogP contribution is 2.42. The first-order valence-corrected chi connectivity index (χ1v) is 4.75. The molecule has 1 aliphatic rings. The van der Waals surface area contributed by atoms with Crippen molar-refractivity contribution in [2.45, 2.75) is 46.5 Å². The summed E-state index contributed by atoms with van der Waals surface area (Å²) in [7, 11) is 0. The van der Waals surface area contributed by atoms with Crippen molar-refractivity contribution in [2.24, 2.45) is 17.8 Å². The summed E-state index contributed by atoms with van der Waals surface area (Å²) in [4.78, 5) is 0. The van der Waals surface area contributed by atoms with Crippen LogP contribution in [0, 0.1) is 17.8 Å². The van der Waals surface area contributed by atoms with Crippen molar-refractivity contribution in [1.82, 2.24) is 0 Å². The Labute approximate surface area is 65.0 Å². The highest BCUT2D eigenvalue weighted by molar-refractivity contribution is 4.82. The van der Waals surface area contributed by atoms with Crippen molar-refractivity contribution in [1.29, 1.82) is 0 Å². The normalized spacial score (nSPS) is 39.3. The molecule has 3 atom stereocenters. The van der Waals surface area contributed by atoms with Crippen molar-refractivity contribution >= 4 is 0 Å². The number of rotatable bonds is 3. The Morgan fingerprint density at radius 1 is 1.30 bits per heavy atom. The molecule has 0 heteroatoms. The highest BCUT2D eigenvalue weighted by atomic mass is 14.4. The standard InChI is InChI=1S/C10H20/c1-4-5-6-10-7-8(2)9(10)3/h8-10H,4-7H2,1-3H3/t8-,9+,10+/m1/s1. The molecule has 60 valence electrons. The monoisotopic (exact) mass is 140 g/mol. The van der Waals surface area contributed by atoms with E-state index in [-0.39, 0.29) is 0 Å². The molecular weight excluding hydrogens is 120 g/mol. The zero-order chi connectivity index (χ0) is 7.56. The van der Waals surface area contributed by atoms with Crippen LogP contribution in [0.2, 0.25) is 0 Å². The van der Waals surface area contributed by atoms with E-state index < -0.39 is 0 Å². The van der Waals surface area contributed by atoms with Crippen LogP contribution in [0.5, 0.6) is 0 Å². The summed E-state index contributed by atoms with van der Waals surface area (Å²) in [5.41, 5.74) is 0. The van der Waals surface area contributed by atoms with E-state index >= 15 is 0 Å². The average Bonchev–Trinajstić information content (AvgIpc) is 1.97. The molecule has 1 saturated carbocycles. The first-order valence-electron chi connectivity index (χ1n) is 4.75. The maximum absolute atomic E-state index is 2.41. The Hall–Kier alpha value is 0. The lowest BCUT2D eigenvalue weighted by molar-refractivity contribution is 0.0930. The lowest BCUT2D eigenvalue weighted by Crippen LogP contribution is -2.32. The molecule has 0 aromatic rings. The van der Waals surface area contributed by atoms with Crippen molar-refractivity contribution in [3.63, 3.8) is 0 Å². The zero-order valence-corrected chi connectivity index (χ0v) is 7.56. The second-order valence-electron chi connectivity index (χ2n) is 3.97. The van der Waals surface area contributed by atoms with Gasteiger partial charge in [-0.2, -0.15) is 0 Å². The summed E-state index contributed by atoms with van der Waals surface area (Å²) in [6.07, 6.45) is 5.81. The molecule has 0 aromatic heterocycles. The lowest BCUT2D eigenvalue weighted by Gasteiger charge is -2.41. The number of unbranched alkanes of at least 4 members (excludes halogenated alkanes) is 1. The van der Waals surface area contributed by atoms with Gasteiger partial charge in [0, 0.05) is 0 Å². The first-order chi connectivity index (χ1) is 4.75. The average molecular weight is 140 g/mol. The van der Waals surface area contributed by atoms with Crippen LogP contribution in [0.4, 0.5) is 0 Å². The van der Waals surface area contributed by atoms with Gasteiger partial charge in [0.05, 0.1) is 0 Å². The second kappa shape index (κ2) is 3.41. The second-order valence-corrected chi connectivity index (χ2v) is 3.97. The van der Waals surface area contributed by atoms with Crippen molar-refractivity contribution in [2.75, 3.05) is 0 Å². The van der Waals surface area contributed by atoms with E-state index in [4.69, 9.17) is 0 Å². The van der Waals surface area contributed by atoms with E-state index in [1.807, 2.05) is 0 Å². The first kappa shape index (κ1) is 8.10. The van der Waals surface area contributed by atoms with Crippen molar-refractivity contribution in [3.05, 3.63) is 0 Å². The van der Waals surface area contributed by atoms with Crippen LogP contribution >= 0.6 is 0 Å². The Balaban J connectivity index is 2.08. The molecule has 0 radical (unpaired) electrons. The van der Waals surface area contributed by atoms with E-state index in [9.17, 15) is 0 Å². The van der Waals surface area contributed by atoms with Gasteiger partial charge in [-0.1, -0.05) is 40.0 Å². The smallest absolute Gasteiger partial charge is 0.0383 e. The Morgan fingerprint density at radius 2 is 2.00 bits per heavy atom. The van der Waals surface area contributed by atoms with Crippen LogP contribution in [-0.4, -0.2) is 0 Å². The predicted molar refractivity (Wildman–Crippen MR) is 46.0 cm³/mol. The molecule has 0 aromatic carbocycles. The summed E-state index contributed by atoms with van der Waals surface area (Å²) in [6, 6.07) is 0. The predicted octanol–water partition coefficient (Wildman–Crippen LogP) is 3.47. The third-order valence-corrected chi connectivity index (χ3v) is 3.24. The van der Waals surface area contributed by atoms with Crippen molar-refractivity contribution in [3.8, 4) is 0 Å². The van der Waals surface area contributed by atoms with Crippen LogP contribution in [0.15, 0.2) is 0 Å². The van der Waals surface area contributed by atoms with Crippen LogP contribution in [0.25, 0.3) is 0 Å². The maximum atomic E-state index is 2.41. The number of hydrogen-bond acceptors (Lipinski definition) is 0. The van der Waals surface area contributed by atoms with Crippen LogP contribution in [0.3, 0.4) is 0 Å². The Bertz CT molecular complexity index is 96.2. The summed E-state index contributed by atoms with van der Waals surface area (Å²) < 4.78 is 0. The molecule has 1 fully saturated rings. The third-order valence-electron chi connectivity index (χ3n) is 3.24. The van der Waals surface area contributed by atoms with Gasteiger partial charge in [0.15, 0.2) is 0 Å². The van der Waals surface area contributed by atoms with E-state index in [2.05, 4.69) is 20.8 Å². The summed E-state index contributed by atoms with van der Waals surface area (Å²) in [6.45, 7) is 7.08. The van der Waals surface area contributed by atoms with E-state index in [1.54, 1.807) is 0 Å². The zero-order valence-electron chi connectivity index (χ0n) is 7.56. The minimum absolute atomic E-state index is 1.02. The molecule has 0 N–H and O–H groups in total. The summed E-state index contributed by atoms with van der Waals surface area (Å²) in [5.74, 6) is 3.11. The largest absolute Gasteiger partial charge is 0.0654 e. The van der Waals surface area contributed by atoms with Crippen LogP contribution < -0.4 is 0 Å². The third kappa shape index (κ3) is 1.53. The molecule has 1 aliphatic carbocycles. The molecular formula is C10H20. The minimum Gasteiger partial charge on any atom is -0.0654 e. The highest BCUT2D eigenvalue weighted by Gasteiger charge is 2.32. The molecule has 0 heterocycles. The molecule has 0 nitrogen and oxygen atoms in total. The van der Waals surface area contributed by atoms with Gasteiger partial charge in [0.1, 0.15) is 0 Å². The molecule has 0 aliphatic heterocycles. The molecule has 0 amide bonds. The van der Waals surface area contributed by atoms with Gasteiger partial charge in [-0.25, -0.2) is 0 Å². The van der Waals surface area contributed by atoms with Crippen LogP contribution in [-0.2, 0) is 0 Å². The summed E-state index contributed by atoms with van der Waals surface area (Å²) >= 11 is 0. The molecule has 0 saturated heterocycles. The van der Waals surface area contributed by atoms with E-state index in [0.29, 0.717) is 0 Å². The SMILES string of the molecule is CCCC[C@H]1C[C@@H](C)[C@@H]1C. The fourth-order valence-corrected chi connectivity index (χ4v) is 2.02. The fourth-order valence-electron chi connectivity index (χ4n) is 2.02. The van der Waals surface area contributed by atoms with Crippen molar-refractivity contribution < 1.29 is 0 Å². The minimum atomic E-state index is 1.02. The van der Waals surface area contributed by atoms with Gasteiger partial charge in [-0.05, 0) is 24.2 Å². The number of hydrogen-bond donors (Lipinski definition) is 0. The van der Waals surface area contributed by atoms with Gasteiger partial charge in [-0.15, -0.1) is 0 Å². The van der Waals surface area contributed by atoms with E-state index in [1.165, 1.54) is 25.7 Å². The van der Waals surface area contributed by atoms with Crippen LogP contribution in [0.1, 0.15) is 46.5 Å². The van der Waals surface area contributed by atoms with Gasteiger partial charge in [-0.3, -0.25) is 0 Å². The fraction of sp³-hybridized carbons (Fsp3) is 1.00. The van der Waals surface area contributed by atoms with Gasteiger partial charge >= 0.3 is 0 Å². The lowest BCUT2D eigenvalue weighted by atomic mass is 9.65. The van der Waals surface area contributed by atoms with Gasteiger partial charge in [0.2, 0.25) is 0 Å². The molecule has 10 heavy (non-hydrogen) atoms. The molecule has 0 bridgehead atoms. The quantitative estimate of drug-likeness (QED) is 0.563. The maximum Gasteiger partial charge on any atom is -0.0383 e. The molecule has 0 spiro atoms. The van der Waals surface area contributed by atoms with Gasteiger partial charge < -0.3 is 0 Å². The Kier molecular flexibility index (Phi) is 2.76. The van der Waals surface area contributed by atoms with E-state index in [0.717, 1.165) is 17.8 Å². The topological polar surface area (TPSA) is 0 Å². The summed E-state index contributed by atoms with van der Waals surface area (Å²) in [5, 5.41) is 0. The van der Waals surface area contributed by atoms with Gasteiger partial charge in [0.25, 0.3) is 0 Å².